The van der Waals surface area contributed by atoms with Gasteiger partial charge in [-0.05, 0) is 23.3 Å². The van der Waals surface area contributed by atoms with E-state index in [1.54, 1.807) is 0 Å². The third-order valence-electron chi connectivity index (χ3n) is 4.61. The summed E-state index contributed by atoms with van der Waals surface area (Å²) in [4.78, 5) is 12.8. The maximum absolute atomic E-state index is 13.7. The van der Waals surface area contributed by atoms with Crippen molar-refractivity contribution in [1.29, 1.82) is 0 Å². The fraction of sp³-hybridized carbons (Fsp3) is 0.0833. The van der Waals surface area contributed by atoms with Crippen molar-refractivity contribution in [1.82, 2.24) is 10.5 Å². The van der Waals surface area contributed by atoms with Crippen LogP contribution in [0.15, 0.2) is 89.5 Å². The van der Waals surface area contributed by atoms with Gasteiger partial charge in [-0.1, -0.05) is 71.9 Å². The minimum atomic E-state index is -0.828. The van der Waals surface area contributed by atoms with Crippen molar-refractivity contribution in [2.24, 2.45) is 0 Å². The molecule has 1 amide bonds. The van der Waals surface area contributed by atoms with Crippen LogP contribution in [0, 0.1) is 11.6 Å². The number of benzene rings is 3. The standard InChI is InChI=1S/C24H18F2N2O3/c25-19-12-7-13-20(26)23(19)30-15-18-14-21(28-31-18)24(29)27-22(16-8-3-1-4-9-16)17-10-5-2-6-11-17/h1-14,22H,15H2,(H,27,29). The van der Waals surface area contributed by atoms with Crippen LogP contribution in [0.2, 0.25) is 0 Å². The summed E-state index contributed by atoms with van der Waals surface area (Å²) in [6.07, 6.45) is 0. The summed E-state index contributed by atoms with van der Waals surface area (Å²) in [6.45, 7) is -0.279. The molecule has 7 heteroatoms. The molecule has 0 fully saturated rings. The van der Waals surface area contributed by atoms with Crippen molar-refractivity contribution in [2.45, 2.75) is 12.6 Å². The Labute approximate surface area is 177 Å². The molecule has 0 saturated carbocycles. The first-order valence-electron chi connectivity index (χ1n) is 9.55. The Bertz CT molecular complexity index is 1100. The van der Waals surface area contributed by atoms with Crippen LogP contribution in [0.1, 0.15) is 33.4 Å². The molecule has 0 aliphatic heterocycles. The Morgan fingerprint density at radius 3 is 2.06 bits per heavy atom. The lowest BCUT2D eigenvalue weighted by Gasteiger charge is -2.19. The average molecular weight is 420 g/mol. The molecule has 5 nitrogen and oxygen atoms in total. The van der Waals surface area contributed by atoms with E-state index in [0.29, 0.717) is 0 Å². The molecular formula is C24H18F2N2O3. The molecule has 0 unspecified atom stereocenters. The number of para-hydroxylation sites is 1. The molecule has 0 radical (unpaired) electrons. The van der Waals surface area contributed by atoms with E-state index in [2.05, 4.69) is 10.5 Å². The smallest absolute Gasteiger partial charge is 0.274 e. The van der Waals surface area contributed by atoms with Gasteiger partial charge >= 0.3 is 0 Å². The topological polar surface area (TPSA) is 64.4 Å². The predicted molar refractivity (Wildman–Crippen MR) is 109 cm³/mol. The number of nitrogens with zero attached hydrogens (tertiary/aromatic N) is 1. The van der Waals surface area contributed by atoms with Crippen LogP contribution >= 0.6 is 0 Å². The minimum absolute atomic E-state index is 0.0319. The summed E-state index contributed by atoms with van der Waals surface area (Å²) in [5.41, 5.74) is 1.85. The molecule has 31 heavy (non-hydrogen) atoms. The number of amides is 1. The largest absolute Gasteiger partial charge is 0.479 e. The maximum Gasteiger partial charge on any atom is 0.274 e. The van der Waals surface area contributed by atoms with Crippen LogP contribution in [0.25, 0.3) is 0 Å². The normalized spacial score (nSPS) is 10.8. The zero-order valence-electron chi connectivity index (χ0n) is 16.3. The molecule has 4 rings (SSSR count). The molecule has 156 valence electrons. The molecule has 0 aliphatic carbocycles. The fourth-order valence-electron chi connectivity index (χ4n) is 3.11. The first-order valence-corrected chi connectivity index (χ1v) is 9.55. The molecule has 1 N–H and O–H groups in total. The van der Waals surface area contributed by atoms with Gasteiger partial charge in [0.1, 0.15) is 6.61 Å². The van der Waals surface area contributed by atoms with Crippen molar-refractivity contribution < 1.29 is 22.8 Å². The summed E-state index contributed by atoms with van der Waals surface area (Å²) in [5.74, 6) is -2.47. The molecule has 1 heterocycles. The van der Waals surface area contributed by atoms with E-state index in [4.69, 9.17) is 9.26 Å². The van der Waals surface area contributed by atoms with Gasteiger partial charge in [0.15, 0.2) is 28.8 Å². The zero-order valence-corrected chi connectivity index (χ0v) is 16.3. The van der Waals surface area contributed by atoms with Crippen LogP contribution in [0.4, 0.5) is 8.78 Å². The number of aromatic nitrogens is 1. The van der Waals surface area contributed by atoms with E-state index in [9.17, 15) is 13.6 Å². The third kappa shape index (κ3) is 4.78. The Morgan fingerprint density at radius 1 is 0.903 bits per heavy atom. The van der Waals surface area contributed by atoms with E-state index < -0.39 is 23.3 Å². The molecule has 0 bridgehead atoms. The molecule has 1 aromatic heterocycles. The monoisotopic (exact) mass is 420 g/mol. The van der Waals surface area contributed by atoms with Gasteiger partial charge in [0.25, 0.3) is 5.91 Å². The highest BCUT2D eigenvalue weighted by molar-refractivity contribution is 5.92. The quantitative estimate of drug-likeness (QED) is 0.454. The van der Waals surface area contributed by atoms with Crippen LogP contribution in [-0.4, -0.2) is 11.1 Å². The van der Waals surface area contributed by atoms with Crippen molar-refractivity contribution in [3.8, 4) is 5.75 Å². The van der Waals surface area contributed by atoms with Gasteiger partial charge in [0.05, 0.1) is 6.04 Å². The second-order valence-electron chi connectivity index (χ2n) is 6.75. The lowest BCUT2D eigenvalue weighted by molar-refractivity contribution is 0.0933. The highest BCUT2D eigenvalue weighted by Crippen LogP contribution is 2.24. The van der Waals surface area contributed by atoms with E-state index in [1.807, 2.05) is 60.7 Å². The van der Waals surface area contributed by atoms with Crippen LogP contribution < -0.4 is 10.1 Å². The minimum Gasteiger partial charge on any atom is -0.479 e. The molecule has 0 saturated heterocycles. The summed E-state index contributed by atoms with van der Waals surface area (Å²) >= 11 is 0. The van der Waals surface area contributed by atoms with Gasteiger partial charge in [-0.25, -0.2) is 8.78 Å². The van der Waals surface area contributed by atoms with Gasteiger partial charge in [-0.3, -0.25) is 4.79 Å². The van der Waals surface area contributed by atoms with Gasteiger partial charge in [-0.15, -0.1) is 0 Å². The van der Waals surface area contributed by atoms with Gasteiger partial charge < -0.3 is 14.6 Å². The van der Waals surface area contributed by atoms with Crippen molar-refractivity contribution in [2.75, 3.05) is 0 Å². The lowest BCUT2D eigenvalue weighted by atomic mass is 9.98. The summed E-state index contributed by atoms with van der Waals surface area (Å²) in [6, 6.07) is 23.5. The third-order valence-corrected chi connectivity index (χ3v) is 4.61. The average Bonchev–Trinajstić information content (AvgIpc) is 3.27. The molecule has 3 aromatic carbocycles. The zero-order chi connectivity index (χ0) is 21.6. The number of halogens is 2. The molecule has 0 atom stereocenters. The Hall–Kier alpha value is -4.00. The van der Waals surface area contributed by atoms with Crippen molar-refractivity contribution >= 4 is 5.91 Å². The van der Waals surface area contributed by atoms with Gasteiger partial charge in [0.2, 0.25) is 0 Å². The highest BCUT2D eigenvalue weighted by Gasteiger charge is 2.20. The number of carbonyl (C=O) groups excluding carboxylic acids is 1. The van der Waals surface area contributed by atoms with Gasteiger partial charge in [0, 0.05) is 6.07 Å². The summed E-state index contributed by atoms with van der Waals surface area (Å²) in [7, 11) is 0. The van der Waals surface area contributed by atoms with Crippen LogP contribution in [-0.2, 0) is 6.61 Å². The molecule has 4 aromatic rings. The van der Waals surface area contributed by atoms with Gasteiger partial charge in [-0.2, -0.15) is 0 Å². The Kier molecular flexibility index (Phi) is 6.03. The first-order chi connectivity index (χ1) is 15.1. The molecular weight excluding hydrogens is 402 g/mol. The number of carbonyl (C=O) groups is 1. The molecule has 0 aliphatic rings. The summed E-state index contributed by atoms with van der Waals surface area (Å²) < 4.78 is 37.6. The van der Waals surface area contributed by atoms with E-state index in [0.717, 1.165) is 23.3 Å². The number of rotatable bonds is 7. The molecule has 0 spiro atoms. The second kappa shape index (κ2) is 9.21. The summed E-state index contributed by atoms with van der Waals surface area (Å²) in [5, 5.41) is 6.71. The SMILES string of the molecule is O=C(NC(c1ccccc1)c1ccccc1)c1cc(COc2c(F)cccc2F)on1. The predicted octanol–water partition coefficient (Wildman–Crippen LogP) is 5.05. The van der Waals surface area contributed by atoms with Crippen molar-refractivity contribution in [3.63, 3.8) is 0 Å². The Balaban J connectivity index is 1.48. The number of ether oxygens (including phenoxy) is 1. The number of nitrogens with one attached hydrogen (secondary N) is 1. The van der Waals surface area contributed by atoms with Crippen LogP contribution in [0.3, 0.4) is 0 Å². The Morgan fingerprint density at radius 2 is 1.48 bits per heavy atom. The highest BCUT2D eigenvalue weighted by atomic mass is 19.1. The number of hydrogen-bond acceptors (Lipinski definition) is 4. The van der Waals surface area contributed by atoms with E-state index >= 15 is 0 Å². The van der Waals surface area contributed by atoms with E-state index in [1.165, 1.54) is 12.1 Å². The van der Waals surface area contributed by atoms with Crippen LogP contribution in [0.5, 0.6) is 5.75 Å². The lowest BCUT2D eigenvalue weighted by Crippen LogP contribution is -2.29. The van der Waals surface area contributed by atoms with E-state index in [-0.39, 0.29) is 24.1 Å². The number of hydrogen-bond donors (Lipinski definition) is 1. The fourth-order valence-corrected chi connectivity index (χ4v) is 3.11. The first kappa shape index (κ1) is 20.3. The maximum atomic E-state index is 13.7. The second-order valence-corrected chi connectivity index (χ2v) is 6.75. The van der Waals surface area contributed by atoms with Crippen molar-refractivity contribution in [3.05, 3.63) is 119 Å².